The van der Waals surface area contributed by atoms with Gasteiger partial charge >= 0.3 is 5.97 Å². The van der Waals surface area contributed by atoms with Crippen LogP contribution in [0.15, 0.2) is 11.6 Å². The van der Waals surface area contributed by atoms with E-state index < -0.39 is 12.0 Å². The van der Waals surface area contributed by atoms with Gasteiger partial charge in [-0.3, -0.25) is 10.4 Å². The molecule has 0 amide bonds. The summed E-state index contributed by atoms with van der Waals surface area (Å²) in [5, 5.41) is 37.2. The van der Waals surface area contributed by atoms with Crippen molar-refractivity contribution in [2.75, 3.05) is 7.11 Å². The fourth-order valence-electron chi connectivity index (χ4n) is 2.87. The minimum atomic E-state index is -1.09. The Morgan fingerprint density at radius 1 is 1.52 bits per heavy atom. The van der Waals surface area contributed by atoms with Crippen LogP contribution < -0.4 is 4.74 Å². The minimum Gasteiger partial charge on any atom is -0.507 e. The second kappa shape index (κ2) is 7.53. The van der Waals surface area contributed by atoms with E-state index in [1.165, 1.54) is 7.11 Å². The smallest absolute Gasteiger partial charge is 0.342 e. The zero-order valence-corrected chi connectivity index (χ0v) is 14.2. The van der Waals surface area contributed by atoms with Crippen molar-refractivity contribution in [1.82, 2.24) is 5.23 Å². The maximum absolute atomic E-state index is 11.9. The van der Waals surface area contributed by atoms with Crippen molar-refractivity contribution < 1.29 is 29.8 Å². The zero-order chi connectivity index (χ0) is 18.7. The number of hydroxylamine groups is 2. The number of nitriles is 1. The Hall–Kier alpha value is -2.60. The number of phenolic OH excluding ortho intramolecular Hbond substituents is 1. The van der Waals surface area contributed by atoms with Gasteiger partial charge in [0.1, 0.15) is 23.7 Å². The summed E-state index contributed by atoms with van der Waals surface area (Å²) < 4.78 is 10.4. The lowest BCUT2D eigenvalue weighted by Gasteiger charge is -2.16. The molecule has 8 nitrogen and oxygen atoms in total. The van der Waals surface area contributed by atoms with Crippen LogP contribution in [0.4, 0.5) is 0 Å². The fraction of sp³-hybridized carbons (Fsp3) is 0.412. The summed E-state index contributed by atoms with van der Waals surface area (Å²) in [7, 11) is 1.48. The van der Waals surface area contributed by atoms with Crippen LogP contribution in [0.25, 0.3) is 0 Å². The van der Waals surface area contributed by atoms with Gasteiger partial charge in [-0.05, 0) is 25.8 Å². The van der Waals surface area contributed by atoms with E-state index in [0.29, 0.717) is 22.4 Å². The van der Waals surface area contributed by atoms with E-state index in [-0.39, 0.29) is 36.0 Å². The molecule has 134 valence electrons. The molecule has 0 bridgehead atoms. The van der Waals surface area contributed by atoms with Crippen molar-refractivity contribution in [3.63, 3.8) is 0 Å². The Bertz CT molecular complexity index is 764. The number of aromatic hydroxyl groups is 1. The molecule has 0 aliphatic carbocycles. The molecule has 0 radical (unpaired) electrons. The predicted molar refractivity (Wildman–Crippen MR) is 85.4 cm³/mol. The first-order chi connectivity index (χ1) is 11.8. The number of benzene rings is 1. The molecule has 1 aliphatic rings. The van der Waals surface area contributed by atoms with Gasteiger partial charge in [-0.2, -0.15) is 5.26 Å². The molecule has 0 saturated carbocycles. The Morgan fingerprint density at radius 2 is 2.20 bits per heavy atom. The highest BCUT2D eigenvalue weighted by Gasteiger charge is 2.31. The molecule has 0 saturated heterocycles. The standard InChI is InChI=1S/C17H20N2O6/c1-9(6-11(7-18)19(22)23)4-5-12-15(20)14-13(8-25-17(14)21)10(2)16(12)24-3/h4,11,20,22-23H,5-6,8H2,1-3H3/b9-4+. The van der Waals surface area contributed by atoms with Crippen LogP contribution in [0.2, 0.25) is 0 Å². The Morgan fingerprint density at radius 3 is 2.76 bits per heavy atom. The van der Waals surface area contributed by atoms with Gasteiger partial charge in [0, 0.05) is 17.5 Å². The van der Waals surface area contributed by atoms with Crippen LogP contribution >= 0.6 is 0 Å². The van der Waals surface area contributed by atoms with Crippen molar-refractivity contribution >= 4 is 5.97 Å². The number of cyclic esters (lactones) is 1. The molecule has 0 aromatic heterocycles. The third-order valence-electron chi connectivity index (χ3n) is 4.25. The van der Waals surface area contributed by atoms with Crippen LogP contribution in [0.5, 0.6) is 11.5 Å². The molecular formula is C17H20N2O6. The van der Waals surface area contributed by atoms with E-state index in [2.05, 4.69) is 0 Å². The monoisotopic (exact) mass is 348 g/mol. The molecule has 1 aliphatic heterocycles. The molecule has 1 aromatic carbocycles. The van der Waals surface area contributed by atoms with E-state index in [1.807, 2.05) is 0 Å². The Balaban J connectivity index is 2.36. The highest BCUT2D eigenvalue weighted by atomic mass is 16.8. The molecule has 2 rings (SSSR count). The first-order valence-electron chi connectivity index (χ1n) is 7.62. The molecule has 0 spiro atoms. The Labute approximate surface area is 145 Å². The fourth-order valence-corrected chi connectivity index (χ4v) is 2.87. The molecule has 0 fully saturated rings. The highest BCUT2D eigenvalue weighted by molar-refractivity contribution is 5.98. The van der Waals surface area contributed by atoms with Crippen molar-refractivity contribution in [2.45, 2.75) is 39.3 Å². The average molecular weight is 348 g/mol. The largest absolute Gasteiger partial charge is 0.507 e. The summed E-state index contributed by atoms with van der Waals surface area (Å²) in [5.41, 5.74) is 2.65. The van der Waals surface area contributed by atoms with E-state index in [0.717, 1.165) is 5.56 Å². The van der Waals surface area contributed by atoms with Crippen LogP contribution in [-0.4, -0.2) is 39.9 Å². The number of hydrogen-bond acceptors (Lipinski definition) is 8. The molecule has 3 N–H and O–H groups in total. The first-order valence-corrected chi connectivity index (χ1v) is 7.62. The summed E-state index contributed by atoms with van der Waals surface area (Å²) in [6.07, 6.45) is 2.09. The lowest BCUT2D eigenvalue weighted by molar-refractivity contribution is -0.321. The number of rotatable bonds is 6. The molecule has 25 heavy (non-hydrogen) atoms. The van der Waals surface area contributed by atoms with Crippen molar-refractivity contribution in [1.29, 1.82) is 5.26 Å². The van der Waals surface area contributed by atoms with Gasteiger partial charge in [-0.15, -0.1) is 0 Å². The van der Waals surface area contributed by atoms with Gasteiger partial charge in [0.15, 0.2) is 6.04 Å². The first kappa shape index (κ1) is 18.7. The van der Waals surface area contributed by atoms with Crippen LogP contribution in [0.1, 0.15) is 40.4 Å². The third-order valence-corrected chi connectivity index (χ3v) is 4.25. The minimum absolute atomic E-state index is 0.103. The molecule has 8 heteroatoms. The van der Waals surface area contributed by atoms with Crippen LogP contribution in [-0.2, 0) is 17.8 Å². The SMILES string of the molecule is COc1c(C)c2c(c(O)c1C/C=C(\C)CC(C#N)N(O)O)C(=O)OC2. The number of methoxy groups -OCH3 is 1. The topological polar surface area (TPSA) is 123 Å². The maximum Gasteiger partial charge on any atom is 0.342 e. The molecular weight excluding hydrogens is 328 g/mol. The van der Waals surface area contributed by atoms with Gasteiger partial charge < -0.3 is 14.6 Å². The average Bonchev–Trinajstić information content (AvgIpc) is 2.96. The summed E-state index contributed by atoms with van der Waals surface area (Å²) in [5.74, 6) is -0.269. The van der Waals surface area contributed by atoms with Crippen LogP contribution in [0.3, 0.4) is 0 Å². The number of carbonyl (C=O) groups is 1. The summed E-state index contributed by atoms with van der Waals surface area (Å²) in [4.78, 5) is 11.9. The summed E-state index contributed by atoms with van der Waals surface area (Å²) in [6.45, 7) is 3.62. The quantitative estimate of drug-likeness (QED) is 0.406. The highest BCUT2D eigenvalue weighted by Crippen LogP contribution is 2.42. The lowest BCUT2D eigenvalue weighted by Crippen LogP contribution is -2.27. The Kier molecular flexibility index (Phi) is 5.64. The number of phenols is 1. The van der Waals surface area contributed by atoms with Gasteiger partial charge in [-0.25, -0.2) is 4.79 Å². The summed E-state index contributed by atoms with van der Waals surface area (Å²) >= 11 is 0. The third kappa shape index (κ3) is 3.58. The molecule has 1 unspecified atom stereocenters. The molecule has 1 heterocycles. The number of esters is 1. The van der Waals surface area contributed by atoms with E-state index in [4.69, 9.17) is 25.2 Å². The number of allylic oxidation sites excluding steroid dienone is 1. The van der Waals surface area contributed by atoms with E-state index in [9.17, 15) is 9.90 Å². The van der Waals surface area contributed by atoms with Crippen molar-refractivity contribution in [3.8, 4) is 17.6 Å². The van der Waals surface area contributed by atoms with Gasteiger partial charge in [0.05, 0.1) is 13.2 Å². The lowest BCUT2D eigenvalue weighted by atomic mass is 9.94. The van der Waals surface area contributed by atoms with E-state index in [1.54, 1.807) is 26.0 Å². The maximum atomic E-state index is 11.9. The number of nitrogens with zero attached hydrogens (tertiary/aromatic N) is 2. The molecule has 1 aromatic rings. The zero-order valence-electron chi connectivity index (χ0n) is 14.2. The van der Waals surface area contributed by atoms with Gasteiger partial charge in [0.25, 0.3) is 0 Å². The second-order valence-corrected chi connectivity index (χ2v) is 5.84. The number of ether oxygens (including phenoxy) is 2. The number of fused-ring (bicyclic) bond motifs is 1. The van der Waals surface area contributed by atoms with Crippen LogP contribution in [0, 0.1) is 18.3 Å². The predicted octanol–water partition coefficient (Wildman–Crippen LogP) is 2.23. The number of carbonyl (C=O) groups excluding carboxylic acids is 1. The van der Waals surface area contributed by atoms with Gasteiger partial charge in [0.2, 0.25) is 0 Å². The van der Waals surface area contributed by atoms with E-state index >= 15 is 0 Å². The van der Waals surface area contributed by atoms with Gasteiger partial charge in [-0.1, -0.05) is 16.9 Å². The normalized spacial score (nSPS) is 14.9. The summed E-state index contributed by atoms with van der Waals surface area (Å²) in [6, 6.07) is 0.669. The van der Waals surface area contributed by atoms with Crippen molar-refractivity contribution in [3.05, 3.63) is 33.9 Å². The second-order valence-electron chi connectivity index (χ2n) is 5.84. The number of hydrogen-bond donors (Lipinski definition) is 3. The molecule has 1 atom stereocenters. The van der Waals surface area contributed by atoms with Crippen molar-refractivity contribution in [2.24, 2.45) is 0 Å².